The molecule has 3 unspecified atom stereocenters. The first-order chi connectivity index (χ1) is 20.5. The van der Waals surface area contributed by atoms with Gasteiger partial charge in [0.05, 0.1) is 18.8 Å². The van der Waals surface area contributed by atoms with Crippen LogP contribution in [0.3, 0.4) is 0 Å². The maximum Gasteiger partial charge on any atom is 0.315 e. The average molecular weight is 586 g/mol. The van der Waals surface area contributed by atoms with E-state index in [0.717, 1.165) is 38.1 Å². The van der Waals surface area contributed by atoms with E-state index in [9.17, 15) is 15.1 Å². The predicted octanol–water partition coefficient (Wildman–Crippen LogP) is 5.64. The number of hydrogen-bond donors (Lipinski definition) is 3. The summed E-state index contributed by atoms with van der Waals surface area (Å²) in [5, 5.41) is 27.9. The molecule has 1 saturated heterocycles. The zero-order valence-corrected chi connectivity index (χ0v) is 24.3. The first-order valence-electron chi connectivity index (χ1n) is 14.0. The molecule has 0 bridgehead atoms. The lowest BCUT2D eigenvalue weighted by molar-refractivity contribution is -0.645. The standard InChI is InChI=1S/C33H35N3O5S/c1-2-34-33(38)35-20-24-7-5-8-26(17-24)27-9-6-10-28(18-27)32-40-29(22-42-31-11-3-4-16-36(31)39)19-30(41-32)25-14-12-23(21-37)13-15-25/h3-18,29-30,32,37H,2,19-22H2,1H3,(H2,34,35,38). The number of benzene rings is 3. The number of aliphatic hydroxyl groups excluding tert-OH is 1. The molecule has 2 amide bonds. The van der Waals surface area contributed by atoms with Gasteiger partial charge in [-0.3, -0.25) is 0 Å². The lowest BCUT2D eigenvalue weighted by Crippen LogP contribution is -2.34. The van der Waals surface area contributed by atoms with Gasteiger partial charge in [-0.25, -0.2) is 4.79 Å². The van der Waals surface area contributed by atoms with Crippen LogP contribution in [0.1, 0.15) is 48.0 Å². The SMILES string of the molecule is CCNC(=O)NCc1cccc(-c2cccc(C3OC(CSc4cccc[n+]4[O-])CC(c4ccc(CO)cc4)O3)c2)c1. The van der Waals surface area contributed by atoms with E-state index in [0.29, 0.717) is 30.3 Å². The Bertz CT molecular complexity index is 1480. The Morgan fingerprint density at radius 2 is 1.71 bits per heavy atom. The summed E-state index contributed by atoms with van der Waals surface area (Å²) in [4.78, 5) is 11.8. The van der Waals surface area contributed by atoms with Crippen molar-refractivity contribution in [1.29, 1.82) is 0 Å². The minimum atomic E-state index is -0.607. The molecule has 1 fully saturated rings. The molecule has 218 valence electrons. The van der Waals surface area contributed by atoms with Crippen molar-refractivity contribution >= 4 is 17.8 Å². The highest BCUT2D eigenvalue weighted by Crippen LogP contribution is 2.40. The normalized spacial score (nSPS) is 18.4. The Balaban J connectivity index is 1.36. The van der Waals surface area contributed by atoms with Crippen LogP contribution in [0.15, 0.2) is 102 Å². The number of aliphatic hydroxyl groups is 1. The zero-order valence-electron chi connectivity index (χ0n) is 23.4. The number of ether oxygens (including phenoxy) is 2. The Kier molecular flexibility index (Phi) is 10.1. The summed E-state index contributed by atoms with van der Waals surface area (Å²) in [6, 6.07) is 29.2. The summed E-state index contributed by atoms with van der Waals surface area (Å²) in [5.74, 6) is 0.595. The summed E-state index contributed by atoms with van der Waals surface area (Å²) in [6.45, 7) is 2.87. The van der Waals surface area contributed by atoms with Crippen LogP contribution in [-0.2, 0) is 22.6 Å². The van der Waals surface area contributed by atoms with Crippen molar-refractivity contribution in [2.45, 2.75) is 50.0 Å². The second-order valence-electron chi connectivity index (χ2n) is 10.1. The molecule has 5 rings (SSSR count). The van der Waals surface area contributed by atoms with Crippen LogP contribution >= 0.6 is 11.8 Å². The molecule has 4 aromatic rings. The first-order valence-corrected chi connectivity index (χ1v) is 15.0. The molecular weight excluding hydrogens is 550 g/mol. The van der Waals surface area contributed by atoms with Crippen molar-refractivity contribution < 1.29 is 24.1 Å². The average Bonchev–Trinajstić information content (AvgIpc) is 3.04. The van der Waals surface area contributed by atoms with Crippen molar-refractivity contribution in [3.05, 3.63) is 125 Å². The maximum atomic E-state index is 12.2. The largest absolute Gasteiger partial charge is 0.618 e. The summed E-state index contributed by atoms with van der Waals surface area (Å²) >= 11 is 1.47. The number of aromatic nitrogens is 1. The number of rotatable bonds is 10. The van der Waals surface area contributed by atoms with E-state index >= 15 is 0 Å². The number of pyridine rings is 1. The molecule has 0 aliphatic carbocycles. The highest BCUT2D eigenvalue weighted by molar-refractivity contribution is 7.99. The van der Waals surface area contributed by atoms with Crippen LogP contribution in [-0.4, -0.2) is 29.5 Å². The topological polar surface area (TPSA) is 107 Å². The molecule has 1 aliphatic heterocycles. The van der Waals surface area contributed by atoms with Gasteiger partial charge in [-0.2, -0.15) is 4.73 Å². The lowest BCUT2D eigenvalue weighted by Gasteiger charge is -2.36. The number of amides is 2. The van der Waals surface area contributed by atoms with Crippen LogP contribution in [0, 0.1) is 5.21 Å². The molecule has 9 heteroatoms. The van der Waals surface area contributed by atoms with Crippen molar-refractivity contribution in [2.24, 2.45) is 0 Å². The summed E-state index contributed by atoms with van der Waals surface area (Å²) in [5.41, 5.74) is 5.77. The molecule has 2 heterocycles. The minimum Gasteiger partial charge on any atom is -0.618 e. The van der Waals surface area contributed by atoms with E-state index in [1.54, 1.807) is 6.07 Å². The van der Waals surface area contributed by atoms with Gasteiger partial charge in [-0.05, 0) is 52.9 Å². The van der Waals surface area contributed by atoms with Crippen molar-refractivity contribution in [2.75, 3.05) is 12.3 Å². The summed E-state index contributed by atoms with van der Waals surface area (Å²) < 4.78 is 13.9. The molecule has 0 saturated carbocycles. The fraction of sp³-hybridized carbons (Fsp3) is 0.273. The Morgan fingerprint density at radius 1 is 0.929 bits per heavy atom. The highest BCUT2D eigenvalue weighted by Gasteiger charge is 2.33. The number of thioether (sulfide) groups is 1. The highest BCUT2D eigenvalue weighted by atomic mass is 32.2. The molecule has 8 nitrogen and oxygen atoms in total. The number of carbonyl (C=O) groups excluding carboxylic acids is 1. The molecule has 3 N–H and O–H groups in total. The van der Waals surface area contributed by atoms with Gasteiger partial charge in [0.2, 0.25) is 0 Å². The number of nitrogens with zero attached hydrogens (tertiary/aromatic N) is 1. The molecule has 42 heavy (non-hydrogen) atoms. The Morgan fingerprint density at radius 3 is 2.48 bits per heavy atom. The van der Waals surface area contributed by atoms with Crippen molar-refractivity contribution in [3.8, 4) is 11.1 Å². The van der Waals surface area contributed by atoms with E-state index in [4.69, 9.17) is 9.47 Å². The monoisotopic (exact) mass is 585 g/mol. The molecule has 1 aromatic heterocycles. The van der Waals surface area contributed by atoms with E-state index in [2.05, 4.69) is 22.8 Å². The van der Waals surface area contributed by atoms with Crippen LogP contribution in [0.25, 0.3) is 11.1 Å². The fourth-order valence-corrected chi connectivity index (χ4v) is 5.79. The van der Waals surface area contributed by atoms with Gasteiger partial charge >= 0.3 is 6.03 Å². The molecule has 1 aliphatic rings. The van der Waals surface area contributed by atoms with Crippen LogP contribution in [0.4, 0.5) is 4.79 Å². The minimum absolute atomic E-state index is 0.0148. The predicted molar refractivity (Wildman–Crippen MR) is 162 cm³/mol. The van der Waals surface area contributed by atoms with E-state index in [1.165, 1.54) is 18.0 Å². The Hall–Kier alpha value is -3.89. The van der Waals surface area contributed by atoms with Gasteiger partial charge in [0.1, 0.15) is 0 Å². The van der Waals surface area contributed by atoms with E-state index < -0.39 is 6.29 Å². The zero-order chi connectivity index (χ0) is 29.3. The summed E-state index contributed by atoms with van der Waals surface area (Å²) in [6.07, 6.45) is 1.14. The third-order valence-corrected chi connectivity index (χ3v) is 8.18. The second kappa shape index (κ2) is 14.3. The third-order valence-electron chi connectivity index (χ3n) is 7.03. The number of nitrogens with one attached hydrogen (secondary N) is 2. The quantitative estimate of drug-likeness (QED) is 0.126. The number of hydrogen-bond acceptors (Lipinski definition) is 6. The number of urea groups is 1. The fourth-order valence-electron chi connectivity index (χ4n) is 4.86. The van der Waals surface area contributed by atoms with Crippen molar-refractivity contribution in [3.63, 3.8) is 0 Å². The molecular formula is C33H35N3O5S. The smallest absolute Gasteiger partial charge is 0.315 e. The lowest BCUT2D eigenvalue weighted by atomic mass is 9.99. The van der Waals surface area contributed by atoms with Gasteiger partial charge in [0.25, 0.3) is 5.03 Å². The van der Waals surface area contributed by atoms with Gasteiger partial charge in [0.15, 0.2) is 12.5 Å². The third kappa shape index (κ3) is 7.68. The van der Waals surface area contributed by atoms with Gasteiger partial charge < -0.3 is 30.4 Å². The van der Waals surface area contributed by atoms with Gasteiger partial charge in [-0.1, -0.05) is 72.4 Å². The van der Waals surface area contributed by atoms with Crippen molar-refractivity contribution in [1.82, 2.24) is 10.6 Å². The van der Waals surface area contributed by atoms with E-state index in [1.807, 2.05) is 79.7 Å². The second-order valence-corrected chi connectivity index (χ2v) is 11.1. The van der Waals surface area contributed by atoms with Crippen LogP contribution in [0.5, 0.6) is 0 Å². The molecule has 3 atom stereocenters. The summed E-state index contributed by atoms with van der Waals surface area (Å²) in [7, 11) is 0. The van der Waals surface area contributed by atoms with Gasteiger partial charge in [-0.15, -0.1) is 0 Å². The number of carbonyl (C=O) groups is 1. The van der Waals surface area contributed by atoms with E-state index in [-0.39, 0.29) is 24.8 Å². The molecule has 0 radical (unpaired) electrons. The van der Waals surface area contributed by atoms with Crippen LogP contribution < -0.4 is 15.4 Å². The Labute approximate surface area is 250 Å². The molecule has 3 aromatic carbocycles. The van der Waals surface area contributed by atoms with Crippen LogP contribution in [0.2, 0.25) is 0 Å². The maximum absolute atomic E-state index is 12.2. The molecule has 0 spiro atoms. The first kappa shape index (κ1) is 29.6. The van der Waals surface area contributed by atoms with Gasteiger partial charge in [0, 0.05) is 43.0 Å².